The van der Waals surface area contributed by atoms with Crippen molar-refractivity contribution in [2.24, 2.45) is 11.8 Å². The summed E-state index contributed by atoms with van der Waals surface area (Å²) >= 11 is 0. The van der Waals surface area contributed by atoms with Gasteiger partial charge in [0.05, 0.1) is 23.1 Å². The molecule has 32 heavy (non-hydrogen) atoms. The van der Waals surface area contributed by atoms with Crippen LogP contribution in [0.1, 0.15) is 48.9 Å². The molecule has 2 aliphatic rings. The van der Waals surface area contributed by atoms with Crippen molar-refractivity contribution in [1.29, 1.82) is 0 Å². The van der Waals surface area contributed by atoms with Crippen molar-refractivity contribution in [2.45, 2.75) is 56.9 Å². The lowest BCUT2D eigenvalue weighted by Gasteiger charge is -2.35. The number of carbonyl (C=O) groups excluding carboxylic acids is 1. The van der Waals surface area contributed by atoms with Gasteiger partial charge in [-0.1, -0.05) is 0 Å². The molecule has 0 unspecified atom stereocenters. The molecule has 0 atom stereocenters. The molecule has 1 aromatic rings. The number of rotatable bonds is 4. The molecule has 1 amide bonds. The smallest absolute Gasteiger partial charge is 0.391 e. The molecule has 0 radical (unpaired) electrons. The van der Waals surface area contributed by atoms with Crippen LogP contribution in [0.4, 0.5) is 43.7 Å². The third-order valence-electron chi connectivity index (χ3n) is 6.30. The van der Waals surface area contributed by atoms with Crippen LogP contribution in [0, 0.1) is 11.8 Å². The van der Waals surface area contributed by atoms with Gasteiger partial charge in [0.2, 0.25) is 0 Å². The fraction of sp³-hybridized carbons (Fsp3) is 0.700. The average molecular weight is 467 g/mol. The minimum absolute atomic E-state index is 0.0641. The van der Waals surface area contributed by atoms with Crippen molar-refractivity contribution in [1.82, 2.24) is 10.3 Å². The summed E-state index contributed by atoms with van der Waals surface area (Å²) in [6, 6.07) is 0.982. The predicted octanol–water partition coefficient (Wildman–Crippen LogP) is 4.34. The molecule has 0 bridgehead atoms. The average Bonchev–Trinajstić information content (AvgIpc) is 2.72. The normalized spacial score (nSPS) is 23.2. The molecule has 0 aromatic carbocycles. The van der Waals surface area contributed by atoms with Crippen molar-refractivity contribution in [2.75, 3.05) is 36.1 Å². The zero-order valence-electron chi connectivity index (χ0n) is 17.6. The Balaban J connectivity index is 1.75. The Morgan fingerprint density at radius 1 is 1.00 bits per heavy atom. The number of anilines is 3. The highest BCUT2D eigenvalue weighted by Gasteiger charge is 2.43. The highest BCUT2D eigenvalue weighted by atomic mass is 19.4. The minimum Gasteiger partial charge on any atom is -0.396 e. The molecule has 1 aliphatic carbocycles. The Labute approximate surface area is 181 Å². The first-order valence-electron chi connectivity index (χ1n) is 10.6. The number of alkyl halides is 6. The van der Waals surface area contributed by atoms with E-state index in [0.29, 0.717) is 5.82 Å². The van der Waals surface area contributed by atoms with Gasteiger partial charge < -0.3 is 21.3 Å². The summed E-state index contributed by atoms with van der Waals surface area (Å²) in [5.41, 5.74) is 6.24. The number of hydrogen-bond donors (Lipinski definition) is 3. The first-order valence-corrected chi connectivity index (χ1v) is 10.6. The van der Waals surface area contributed by atoms with Crippen LogP contribution in [0.25, 0.3) is 0 Å². The molecule has 180 valence electrons. The highest BCUT2D eigenvalue weighted by molar-refractivity contribution is 6.00. The maximum atomic E-state index is 13.0. The second kappa shape index (κ2) is 9.22. The number of amides is 1. The number of carbonyl (C=O) groups is 1. The van der Waals surface area contributed by atoms with E-state index < -0.39 is 36.1 Å². The van der Waals surface area contributed by atoms with Crippen LogP contribution in [0.2, 0.25) is 0 Å². The van der Waals surface area contributed by atoms with E-state index in [1.165, 1.54) is 6.07 Å². The van der Waals surface area contributed by atoms with Crippen LogP contribution in [-0.2, 0) is 0 Å². The molecular weight excluding hydrogens is 440 g/mol. The fourth-order valence-electron chi connectivity index (χ4n) is 4.37. The third kappa shape index (κ3) is 5.50. The Bertz CT molecular complexity index is 812. The molecule has 2 fully saturated rings. The fourth-order valence-corrected chi connectivity index (χ4v) is 4.37. The molecular formula is C20H27F6N5O. The largest absolute Gasteiger partial charge is 0.396 e. The Hall–Kier alpha value is -2.40. The van der Waals surface area contributed by atoms with E-state index in [4.69, 9.17) is 5.73 Å². The lowest BCUT2D eigenvalue weighted by Crippen LogP contribution is -2.42. The van der Waals surface area contributed by atoms with Crippen molar-refractivity contribution in [3.8, 4) is 0 Å². The number of nitrogens with one attached hydrogen (secondary N) is 2. The molecule has 4 N–H and O–H groups in total. The van der Waals surface area contributed by atoms with E-state index in [1.807, 2.05) is 0 Å². The van der Waals surface area contributed by atoms with Gasteiger partial charge in [-0.2, -0.15) is 26.3 Å². The van der Waals surface area contributed by atoms with Crippen LogP contribution in [-0.4, -0.2) is 49.4 Å². The van der Waals surface area contributed by atoms with Gasteiger partial charge in [0, 0.05) is 26.2 Å². The van der Waals surface area contributed by atoms with Crippen molar-refractivity contribution >= 4 is 23.2 Å². The van der Waals surface area contributed by atoms with Gasteiger partial charge in [-0.05, 0) is 44.6 Å². The zero-order valence-corrected chi connectivity index (χ0v) is 17.6. The number of aromatic nitrogens is 1. The molecule has 1 aliphatic heterocycles. The van der Waals surface area contributed by atoms with Gasteiger partial charge in [0.15, 0.2) is 5.82 Å². The lowest BCUT2D eigenvalue weighted by atomic mass is 9.85. The van der Waals surface area contributed by atoms with E-state index in [-0.39, 0.29) is 68.7 Å². The summed E-state index contributed by atoms with van der Waals surface area (Å²) in [4.78, 5) is 19.0. The maximum Gasteiger partial charge on any atom is 0.391 e. The Morgan fingerprint density at radius 2 is 1.53 bits per heavy atom. The maximum absolute atomic E-state index is 13.0. The number of hydrogen-bond acceptors (Lipinski definition) is 5. The van der Waals surface area contributed by atoms with Crippen LogP contribution >= 0.6 is 0 Å². The highest BCUT2D eigenvalue weighted by Crippen LogP contribution is 2.38. The SMILES string of the molecule is CNc1nc(N2CCC(C(F)(F)F)CC2)c(C(=O)NC2CCC(C(F)(F)F)CC2)cc1N. The van der Waals surface area contributed by atoms with Gasteiger partial charge in [0.25, 0.3) is 5.91 Å². The molecule has 2 heterocycles. The quantitative estimate of drug-likeness (QED) is 0.574. The van der Waals surface area contributed by atoms with Crippen LogP contribution in [0.15, 0.2) is 6.07 Å². The van der Waals surface area contributed by atoms with Crippen LogP contribution < -0.4 is 21.3 Å². The number of nitrogens with two attached hydrogens (primary N) is 1. The van der Waals surface area contributed by atoms with E-state index in [9.17, 15) is 31.1 Å². The number of nitrogen functional groups attached to an aromatic ring is 1. The first kappa shape index (κ1) is 24.2. The molecule has 1 saturated carbocycles. The van der Waals surface area contributed by atoms with Gasteiger partial charge in [0.1, 0.15) is 5.82 Å². The summed E-state index contributed by atoms with van der Waals surface area (Å²) < 4.78 is 77.7. The second-order valence-electron chi connectivity index (χ2n) is 8.41. The summed E-state index contributed by atoms with van der Waals surface area (Å²) in [5.74, 6) is -2.81. The Kier molecular flexibility index (Phi) is 6.99. The van der Waals surface area contributed by atoms with Crippen LogP contribution in [0.5, 0.6) is 0 Å². The van der Waals surface area contributed by atoms with E-state index >= 15 is 0 Å². The molecule has 1 saturated heterocycles. The topological polar surface area (TPSA) is 83.3 Å². The minimum atomic E-state index is -4.27. The lowest BCUT2D eigenvalue weighted by molar-refractivity contribution is -0.182. The molecule has 1 aromatic heterocycles. The summed E-state index contributed by atoms with van der Waals surface area (Å²) in [5, 5.41) is 5.55. The van der Waals surface area contributed by atoms with E-state index in [1.54, 1.807) is 11.9 Å². The summed E-state index contributed by atoms with van der Waals surface area (Å²) in [7, 11) is 1.58. The zero-order chi connectivity index (χ0) is 23.7. The van der Waals surface area contributed by atoms with Crippen molar-refractivity contribution in [3.63, 3.8) is 0 Å². The number of piperidine rings is 1. The number of pyridine rings is 1. The molecule has 3 rings (SSSR count). The molecule has 0 spiro atoms. The predicted molar refractivity (Wildman–Crippen MR) is 108 cm³/mol. The number of halogens is 6. The summed E-state index contributed by atoms with van der Waals surface area (Å²) in [6.07, 6.45) is -8.49. The van der Waals surface area contributed by atoms with E-state index in [2.05, 4.69) is 15.6 Å². The molecule has 6 nitrogen and oxygen atoms in total. The van der Waals surface area contributed by atoms with E-state index in [0.717, 1.165) is 0 Å². The second-order valence-corrected chi connectivity index (χ2v) is 8.41. The summed E-state index contributed by atoms with van der Waals surface area (Å²) in [6.45, 7) is 0.141. The third-order valence-corrected chi connectivity index (χ3v) is 6.30. The number of nitrogens with zero attached hydrogens (tertiary/aromatic N) is 2. The van der Waals surface area contributed by atoms with Crippen molar-refractivity contribution < 1.29 is 31.1 Å². The van der Waals surface area contributed by atoms with Gasteiger partial charge in [-0.3, -0.25) is 4.79 Å². The molecule has 12 heteroatoms. The van der Waals surface area contributed by atoms with Gasteiger partial charge in [-0.25, -0.2) is 4.98 Å². The first-order chi connectivity index (χ1) is 14.9. The van der Waals surface area contributed by atoms with Crippen LogP contribution in [0.3, 0.4) is 0 Å². The van der Waals surface area contributed by atoms with Gasteiger partial charge >= 0.3 is 12.4 Å². The van der Waals surface area contributed by atoms with Gasteiger partial charge in [-0.15, -0.1) is 0 Å². The Morgan fingerprint density at radius 3 is 2.03 bits per heavy atom. The van der Waals surface area contributed by atoms with Crippen molar-refractivity contribution in [3.05, 3.63) is 11.6 Å². The standard InChI is InChI=1S/C20H27F6N5O/c1-28-16-15(27)10-14(17(30-16)31-8-6-12(7-9-31)20(24,25)26)18(32)29-13-4-2-11(3-5-13)19(21,22)23/h10-13H,2-9,27H2,1H3,(H,28,30)(H,29,32). The monoisotopic (exact) mass is 467 g/mol.